The third-order valence-corrected chi connectivity index (χ3v) is 5.49. The second-order valence-electron chi connectivity index (χ2n) is 4.72. The van der Waals surface area contributed by atoms with Crippen LogP contribution in [0.25, 0.3) is 0 Å². The fourth-order valence-electron chi connectivity index (χ4n) is 3.03. The molecule has 90 valence electrons. The summed E-state index contributed by atoms with van der Waals surface area (Å²) in [6.45, 7) is 4.04. The molecule has 0 radical (unpaired) electrons. The Labute approximate surface area is 92.8 Å². The summed E-state index contributed by atoms with van der Waals surface area (Å²) in [6, 6.07) is 0. The van der Waals surface area contributed by atoms with Crippen LogP contribution in [-0.2, 0) is 9.84 Å². The van der Waals surface area contributed by atoms with Crippen molar-refractivity contribution in [3.8, 4) is 0 Å². The third-order valence-electron chi connectivity index (χ3n) is 3.81. The highest BCUT2D eigenvalue weighted by molar-refractivity contribution is 7.91. The maximum absolute atomic E-state index is 11.6. The van der Waals surface area contributed by atoms with E-state index in [2.05, 4.69) is 0 Å². The Balaban J connectivity index is 3.00. The first-order valence-corrected chi connectivity index (χ1v) is 7.73. The average molecular weight is 234 g/mol. The summed E-state index contributed by atoms with van der Waals surface area (Å²) in [4.78, 5) is 0. The van der Waals surface area contributed by atoms with E-state index in [4.69, 9.17) is 0 Å². The molecule has 0 heterocycles. The minimum atomic E-state index is -3.13. The minimum Gasteiger partial charge on any atom is -0.388 e. The Morgan fingerprint density at radius 2 is 1.93 bits per heavy atom. The van der Waals surface area contributed by atoms with Crippen molar-refractivity contribution < 1.29 is 13.5 Å². The van der Waals surface area contributed by atoms with Crippen LogP contribution < -0.4 is 0 Å². The maximum atomic E-state index is 11.6. The summed E-state index contributed by atoms with van der Waals surface area (Å²) in [7, 11) is -3.13. The smallest absolute Gasteiger partial charge is 0.153 e. The van der Waals surface area contributed by atoms with Gasteiger partial charge >= 0.3 is 0 Å². The van der Waals surface area contributed by atoms with Crippen molar-refractivity contribution in [2.45, 2.75) is 56.8 Å². The van der Waals surface area contributed by atoms with Gasteiger partial charge in [-0.3, -0.25) is 0 Å². The van der Waals surface area contributed by atoms with Crippen LogP contribution >= 0.6 is 0 Å². The van der Waals surface area contributed by atoms with Gasteiger partial charge in [-0.25, -0.2) is 8.42 Å². The van der Waals surface area contributed by atoms with Gasteiger partial charge in [0.15, 0.2) is 9.84 Å². The molecule has 1 N–H and O–H groups in total. The van der Waals surface area contributed by atoms with Gasteiger partial charge in [-0.2, -0.15) is 0 Å². The highest BCUT2D eigenvalue weighted by Crippen LogP contribution is 2.42. The van der Waals surface area contributed by atoms with Gasteiger partial charge in [0.2, 0.25) is 0 Å². The Morgan fingerprint density at radius 3 is 2.33 bits per heavy atom. The molecule has 0 aromatic carbocycles. The van der Waals surface area contributed by atoms with Crippen molar-refractivity contribution in [2.75, 3.05) is 6.26 Å². The number of rotatable bonds is 4. The molecule has 1 aliphatic rings. The lowest BCUT2D eigenvalue weighted by molar-refractivity contribution is -0.0124. The van der Waals surface area contributed by atoms with Crippen LogP contribution in [0.15, 0.2) is 0 Å². The molecule has 0 bridgehead atoms. The van der Waals surface area contributed by atoms with E-state index in [0.717, 1.165) is 19.3 Å². The molecule has 0 aromatic rings. The number of hydrogen-bond acceptors (Lipinski definition) is 3. The number of hydrogen-bond donors (Lipinski definition) is 1. The van der Waals surface area contributed by atoms with Crippen LogP contribution in [0, 0.1) is 5.92 Å². The highest BCUT2D eigenvalue weighted by atomic mass is 32.2. The lowest BCUT2D eigenvalue weighted by Gasteiger charge is -2.36. The van der Waals surface area contributed by atoms with Gasteiger partial charge < -0.3 is 5.11 Å². The molecule has 0 amide bonds. The number of sulfone groups is 1. The van der Waals surface area contributed by atoms with E-state index >= 15 is 0 Å². The van der Waals surface area contributed by atoms with Crippen LogP contribution in [0.1, 0.15) is 46.0 Å². The lowest BCUT2D eigenvalue weighted by Crippen LogP contribution is -2.48. The van der Waals surface area contributed by atoms with Gasteiger partial charge in [-0.05, 0) is 25.2 Å². The molecule has 0 aliphatic heterocycles. The summed E-state index contributed by atoms with van der Waals surface area (Å²) in [5, 5.41) is 10.0. The Kier molecular flexibility index (Phi) is 3.82. The summed E-state index contributed by atoms with van der Waals surface area (Å²) >= 11 is 0. The van der Waals surface area contributed by atoms with Crippen LogP contribution in [0.3, 0.4) is 0 Å². The van der Waals surface area contributed by atoms with Crippen molar-refractivity contribution in [2.24, 2.45) is 5.92 Å². The molecule has 0 spiro atoms. The van der Waals surface area contributed by atoms with E-state index in [-0.39, 0.29) is 5.92 Å². The van der Waals surface area contributed by atoms with Gasteiger partial charge in [-0.15, -0.1) is 0 Å². The quantitative estimate of drug-likeness (QED) is 0.806. The third kappa shape index (κ3) is 2.36. The zero-order valence-corrected chi connectivity index (χ0v) is 10.7. The first kappa shape index (κ1) is 13.0. The first-order chi connectivity index (χ1) is 6.86. The van der Waals surface area contributed by atoms with Crippen LogP contribution in [-0.4, -0.2) is 30.6 Å². The van der Waals surface area contributed by atoms with Crippen molar-refractivity contribution in [1.82, 2.24) is 0 Å². The molecule has 0 saturated heterocycles. The normalized spacial score (nSPS) is 32.5. The van der Waals surface area contributed by atoms with E-state index in [1.807, 2.05) is 13.8 Å². The molecule has 1 rings (SSSR count). The molecule has 0 aromatic heterocycles. The predicted octanol–water partition coefficient (Wildman–Crippen LogP) is 1.75. The molecular weight excluding hydrogens is 212 g/mol. The summed E-state index contributed by atoms with van der Waals surface area (Å²) < 4.78 is 23.3. The van der Waals surface area contributed by atoms with Gasteiger partial charge in [0, 0.05) is 6.26 Å². The SMILES string of the molecule is CCC(CC)C1(O)CCCC1S(C)(=O)=O. The van der Waals surface area contributed by atoms with E-state index in [0.29, 0.717) is 12.8 Å². The van der Waals surface area contributed by atoms with E-state index < -0.39 is 20.7 Å². The predicted molar refractivity (Wildman–Crippen MR) is 61.5 cm³/mol. The largest absolute Gasteiger partial charge is 0.388 e. The summed E-state index contributed by atoms with van der Waals surface area (Å²) in [5.74, 6) is 0.111. The van der Waals surface area contributed by atoms with Crippen LogP contribution in [0.4, 0.5) is 0 Å². The molecule has 3 nitrogen and oxygen atoms in total. The Hall–Kier alpha value is -0.0900. The molecule has 4 heteroatoms. The molecule has 1 saturated carbocycles. The van der Waals surface area contributed by atoms with Gasteiger partial charge in [0.05, 0.1) is 10.9 Å². The second kappa shape index (κ2) is 4.42. The fraction of sp³-hybridized carbons (Fsp3) is 1.00. The van der Waals surface area contributed by atoms with Crippen LogP contribution in [0.2, 0.25) is 0 Å². The maximum Gasteiger partial charge on any atom is 0.153 e. The van der Waals surface area contributed by atoms with Crippen LogP contribution in [0.5, 0.6) is 0 Å². The minimum absolute atomic E-state index is 0.111. The standard InChI is InChI=1S/C11H22O3S/c1-4-9(5-2)11(12)8-6-7-10(11)15(3,13)14/h9-10,12H,4-8H2,1-3H3. The molecule has 1 fully saturated rings. The van der Waals surface area contributed by atoms with Gasteiger partial charge in [0.1, 0.15) is 0 Å². The fourth-order valence-corrected chi connectivity index (χ4v) is 4.68. The van der Waals surface area contributed by atoms with Crippen molar-refractivity contribution in [3.63, 3.8) is 0 Å². The molecule has 2 atom stereocenters. The topological polar surface area (TPSA) is 54.4 Å². The van der Waals surface area contributed by atoms with Crippen molar-refractivity contribution >= 4 is 9.84 Å². The van der Waals surface area contributed by atoms with E-state index in [1.165, 1.54) is 6.26 Å². The van der Waals surface area contributed by atoms with Gasteiger partial charge in [0.25, 0.3) is 0 Å². The molecule has 1 aliphatic carbocycles. The zero-order chi connectivity index (χ0) is 11.7. The Morgan fingerprint density at radius 1 is 1.40 bits per heavy atom. The second-order valence-corrected chi connectivity index (χ2v) is 6.94. The lowest BCUT2D eigenvalue weighted by atomic mass is 9.82. The molecular formula is C11H22O3S. The Bertz CT molecular complexity index is 306. The monoisotopic (exact) mass is 234 g/mol. The van der Waals surface area contributed by atoms with E-state index in [1.54, 1.807) is 0 Å². The van der Waals surface area contributed by atoms with Crippen molar-refractivity contribution in [3.05, 3.63) is 0 Å². The summed E-state index contributed by atoms with van der Waals surface area (Å²) in [6.07, 6.45) is 5.02. The average Bonchev–Trinajstić information content (AvgIpc) is 2.49. The zero-order valence-electron chi connectivity index (χ0n) is 9.86. The number of aliphatic hydroxyl groups is 1. The highest BCUT2D eigenvalue weighted by Gasteiger charge is 2.50. The summed E-state index contributed by atoms with van der Waals surface area (Å²) in [5.41, 5.74) is -0.975. The first-order valence-electron chi connectivity index (χ1n) is 5.77. The van der Waals surface area contributed by atoms with Gasteiger partial charge in [-0.1, -0.05) is 26.7 Å². The molecule has 2 unspecified atom stereocenters. The van der Waals surface area contributed by atoms with E-state index in [9.17, 15) is 13.5 Å². The molecule has 15 heavy (non-hydrogen) atoms. The van der Waals surface area contributed by atoms with Crippen molar-refractivity contribution in [1.29, 1.82) is 0 Å².